The van der Waals surface area contributed by atoms with Crippen LogP contribution in [-0.4, -0.2) is 54.1 Å². The Hall–Kier alpha value is -2.17. The fraction of sp³-hybridized carbons (Fsp3) is 0.438. The Morgan fingerprint density at radius 1 is 1.10 bits per heavy atom. The van der Waals surface area contributed by atoms with Crippen LogP contribution in [0.5, 0.6) is 0 Å². The van der Waals surface area contributed by atoms with Gasteiger partial charge in [0.15, 0.2) is 5.78 Å². The molecule has 0 N–H and O–H groups in total. The van der Waals surface area contributed by atoms with Gasteiger partial charge in [-0.3, -0.25) is 14.4 Å². The van der Waals surface area contributed by atoms with E-state index in [-0.39, 0.29) is 37.2 Å². The number of hydrogen-bond donors (Lipinski definition) is 0. The molecule has 112 valence electrons. The molecule has 0 atom stereocenters. The molecule has 0 aliphatic carbocycles. The average Bonchev–Trinajstić information content (AvgIpc) is 2.44. The van der Waals surface area contributed by atoms with Crippen molar-refractivity contribution < 1.29 is 14.4 Å². The Morgan fingerprint density at radius 3 is 2.29 bits per heavy atom. The van der Waals surface area contributed by atoms with Crippen molar-refractivity contribution in [3.8, 4) is 0 Å². The van der Waals surface area contributed by atoms with Crippen molar-refractivity contribution in [2.75, 3.05) is 26.7 Å². The molecule has 0 bridgehead atoms. The molecule has 0 spiro atoms. The lowest BCUT2D eigenvalue weighted by Crippen LogP contribution is -2.53. The van der Waals surface area contributed by atoms with E-state index in [4.69, 9.17) is 0 Å². The van der Waals surface area contributed by atoms with E-state index in [1.807, 2.05) is 12.1 Å². The molecule has 1 fully saturated rings. The van der Waals surface area contributed by atoms with Crippen molar-refractivity contribution in [1.29, 1.82) is 0 Å². The van der Waals surface area contributed by atoms with Crippen molar-refractivity contribution in [3.05, 3.63) is 35.4 Å². The highest BCUT2D eigenvalue weighted by Gasteiger charge is 2.28. The molecule has 5 heteroatoms. The van der Waals surface area contributed by atoms with Crippen LogP contribution in [0.15, 0.2) is 24.3 Å². The zero-order valence-electron chi connectivity index (χ0n) is 12.6. The zero-order valence-corrected chi connectivity index (χ0v) is 12.6. The minimum absolute atomic E-state index is 0.0227. The lowest BCUT2D eigenvalue weighted by atomic mass is 10.0. The number of piperazine rings is 1. The van der Waals surface area contributed by atoms with Gasteiger partial charge in [0.25, 0.3) is 0 Å². The van der Waals surface area contributed by atoms with Crippen LogP contribution in [0.2, 0.25) is 0 Å². The minimum Gasteiger partial charge on any atom is -0.335 e. The first kappa shape index (κ1) is 15.2. The molecule has 1 saturated heterocycles. The van der Waals surface area contributed by atoms with E-state index in [0.717, 1.165) is 5.56 Å². The molecule has 1 aliphatic rings. The topological polar surface area (TPSA) is 57.7 Å². The number of Topliss-reactive ketones (excluding diaryl/α,β-unsaturated/α-hetero) is 1. The van der Waals surface area contributed by atoms with Gasteiger partial charge >= 0.3 is 0 Å². The number of benzene rings is 1. The lowest BCUT2D eigenvalue weighted by Gasteiger charge is -2.31. The second-order valence-corrected chi connectivity index (χ2v) is 5.70. The van der Waals surface area contributed by atoms with Crippen LogP contribution in [0, 0.1) is 0 Å². The molecule has 0 radical (unpaired) electrons. The second kappa shape index (κ2) is 6.08. The van der Waals surface area contributed by atoms with Crippen molar-refractivity contribution in [3.63, 3.8) is 0 Å². The van der Waals surface area contributed by atoms with Gasteiger partial charge in [0.1, 0.15) is 6.54 Å². The maximum Gasteiger partial charge on any atom is 0.243 e. The van der Waals surface area contributed by atoms with E-state index in [0.29, 0.717) is 11.5 Å². The van der Waals surface area contributed by atoms with Crippen LogP contribution < -0.4 is 0 Å². The predicted molar refractivity (Wildman–Crippen MR) is 79.1 cm³/mol. The molecule has 2 rings (SSSR count). The van der Waals surface area contributed by atoms with Gasteiger partial charge in [-0.15, -0.1) is 0 Å². The summed E-state index contributed by atoms with van der Waals surface area (Å²) < 4.78 is 0. The van der Waals surface area contributed by atoms with Crippen LogP contribution >= 0.6 is 0 Å². The van der Waals surface area contributed by atoms with Gasteiger partial charge < -0.3 is 9.80 Å². The van der Waals surface area contributed by atoms with E-state index in [1.165, 1.54) is 9.80 Å². The number of carbonyl (C=O) groups excluding carboxylic acids is 3. The molecule has 1 aliphatic heterocycles. The first-order chi connectivity index (χ1) is 9.88. The number of likely N-dealkylation sites (N-methyl/N-ethyl adjacent to an activating group) is 1. The molecule has 0 unspecified atom stereocenters. The highest BCUT2D eigenvalue weighted by atomic mass is 16.2. The zero-order chi connectivity index (χ0) is 15.6. The Kier molecular flexibility index (Phi) is 4.40. The third-order valence-electron chi connectivity index (χ3n) is 3.71. The number of ketones is 1. The van der Waals surface area contributed by atoms with E-state index < -0.39 is 0 Å². The number of amides is 2. The SMILES string of the molecule is CC(C)c1ccc(C(=O)CN2CC(=O)N(C)CC2=O)cc1. The van der Waals surface area contributed by atoms with Crippen LogP contribution in [-0.2, 0) is 9.59 Å². The molecule has 1 aromatic rings. The summed E-state index contributed by atoms with van der Waals surface area (Å²) in [5, 5.41) is 0. The maximum absolute atomic E-state index is 12.2. The molecule has 2 amide bonds. The van der Waals surface area contributed by atoms with Gasteiger partial charge in [-0.25, -0.2) is 0 Å². The third-order valence-corrected chi connectivity index (χ3v) is 3.71. The van der Waals surface area contributed by atoms with Gasteiger partial charge in [-0.1, -0.05) is 38.1 Å². The largest absolute Gasteiger partial charge is 0.335 e. The van der Waals surface area contributed by atoms with Crippen LogP contribution in [0.1, 0.15) is 35.7 Å². The van der Waals surface area contributed by atoms with Crippen LogP contribution in [0.3, 0.4) is 0 Å². The molecule has 0 aromatic heterocycles. The van der Waals surface area contributed by atoms with Gasteiger partial charge in [0.05, 0.1) is 13.1 Å². The number of nitrogens with zero attached hydrogens (tertiary/aromatic N) is 2. The summed E-state index contributed by atoms with van der Waals surface area (Å²) in [5.74, 6) is -0.0659. The monoisotopic (exact) mass is 288 g/mol. The normalized spacial score (nSPS) is 15.8. The van der Waals surface area contributed by atoms with Gasteiger partial charge in [0, 0.05) is 12.6 Å². The van der Waals surface area contributed by atoms with E-state index in [2.05, 4.69) is 13.8 Å². The molecular weight excluding hydrogens is 268 g/mol. The van der Waals surface area contributed by atoms with E-state index in [1.54, 1.807) is 19.2 Å². The Labute approximate surface area is 124 Å². The second-order valence-electron chi connectivity index (χ2n) is 5.70. The number of rotatable bonds is 4. The lowest BCUT2D eigenvalue weighted by molar-refractivity contribution is -0.148. The number of carbonyl (C=O) groups is 3. The molecule has 1 heterocycles. The highest BCUT2D eigenvalue weighted by molar-refractivity contribution is 6.01. The standard InChI is InChI=1S/C16H20N2O3/c1-11(2)12-4-6-13(7-5-12)14(19)8-18-10-15(20)17(3)9-16(18)21/h4-7,11H,8-10H2,1-3H3. The van der Waals surface area contributed by atoms with Gasteiger partial charge in [-0.05, 0) is 11.5 Å². The molecule has 21 heavy (non-hydrogen) atoms. The van der Waals surface area contributed by atoms with E-state index >= 15 is 0 Å². The van der Waals surface area contributed by atoms with Gasteiger partial charge in [-0.2, -0.15) is 0 Å². The Balaban J connectivity index is 2.04. The summed E-state index contributed by atoms with van der Waals surface area (Å²) in [5.41, 5.74) is 1.73. The van der Waals surface area contributed by atoms with Crippen molar-refractivity contribution in [2.24, 2.45) is 0 Å². The summed E-state index contributed by atoms with van der Waals surface area (Å²) in [7, 11) is 1.59. The Morgan fingerprint density at radius 2 is 1.71 bits per heavy atom. The molecule has 1 aromatic carbocycles. The van der Waals surface area contributed by atoms with Crippen molar-refractivity contribution >= 4 is 17.6 Å². The quantitative estimate of drug-likeness (QED) is 0.785. The molecular formula is C16H20N2O3. The first-order valence-corrected chi connectivity index (χ1v) is 7.03. The average molecular weight is 288 g/mol. The third kappa shape index (κ3) is 3.48. The Bertz CT molecular complexity index is 563. The molecule has 0 saturated carbocycles. The predicted octanol–water partition coefficient (Wildman–Crippen LogP) is 1.29. The highest BCUT2D eigenvalue weighted by Crippen LogP contribution is 2.15. The maximum atomic E-state index is 12.2. The van der Waals surface area contributed by atoms with Crippen LogP contribution in [0.4, 0.5) is 0 Å². The van der Waals surface area contributed by atoms with Crippen molar-refractivity contribution in [2.45, 2.75) is 19.8 Å². The fourth-order valence-electron chi connectivity index (χ4n) is 2.23. The fourth-order valence-corrected chi connectivity index (χ4v) is 2.23. The molecule has 5 nitrogen and oxygen atoms in total. The first-order valence-electron chi connectivity index (χ1n) is 7.03. The number of hydrogen-bond acceptors (Lipinski definition) is 3. The van der Waals surface area contributed by atoms with Crippen LogP contribution in [0.25, 0.3) is 0 Å². The van der Waals surface area contributed by atoms with Gasteiger partial charge in [0.2, 0.25) is 11.8 Å². The van der Waals surface area contributed by atoms with Crippen molar-refractivity contribution in [1.82, 2.24) is 9.80 Å². The smallest absolute Gasteiger partial charge is 0.243 e. The summed E-state index contributed by atoms with van der Waals surface area (Å²) in [6.45, 7) is 4.15. The summed E-state index contributed by atoms with van der Waals surface area (Å²) in [6, 6.07) is 7.41. The summed E-state index contributed by atoms with van der Waals surface area (Å²) in [4.78, 5) is 38.4. The minimum atomic E-state index is -0.191. The summed E-state index contributed by atoms with van der Waals surface area (Å²) >= 11 is 0. The summed E-state index contributed by atoms with van der Waals surface area (Å²) in [6.07, 6.45) is 0. The van der Waals surface area contributed by atoms with E-state index in [9.17, 15) is 14.4 Å².